The monoisotopic (exact) mass is 258 g/mol. The van der Waals surface area contributed by atoms with Gasteiger partial charge in [-0.05, 0) is 44.4 Å². The minimum atomic E-state index is 0.558. The first-order valence-electron chi connectivity index (χ1n) is 7.37. The first-order chi connectivity index (χ1) is 9.16. The van der Waals surface area contributed by atoms with Gasteiger partial charge in [-0.15, -0.1) is 0 Å². The van der Waals surface area contributed by atoms with E-state index in [1.165, 1.54) is 30.5 Å². The molecule has 1 aromatic carbocycles. The van der Waals surface area contributed by atoms with Crippen molar-refractivity contribution < 1.29 is 0 Å². The van der Waals surface area contributed by atoms with Crippen LogP contribution in [-0.4, -0.2) is 36.6 Å². The third kappa shape index (κ3) is 4.19. The maximum atomic E-state index is 4.26. The Balaban J connectivity index is 1.94. The summed E-state index contributed by atoms with van der Waals surface area (Å²) in [6.07, 6.45) is 2.62. The van der Waals surface area contributed by atoms with Crippen LogP contribution in [0.25, 0.3) is 5.57 Å². The molecule has 1 aliphatic rings. The zero-order chi connectivity index (χ0) is 13.7. The van der Waals surface area contributed by atoms with Crippen LogP contribution in [0.2, 0.25) is 0 Å². The van der Waals surface area contributed by atoms with Gasteiger partial charge in [-0.25, -0.2) is 0 Å². The van der Waals surface area contributed by atoms with E-state index >= 15 is 0 Å². The molecule has 0 spiro atoms. The number of rotatable bonds is 6. The van der Waals surface area contributed by atoms with Crippen LogP contribution in [0.3, 0.4) is 0 Å². The number of nitrogens with one attached hydrogen (secondary N) is 1. The molecular weight excluding hydrogens is 232 g/mol. The molecule has 0 radical (unpaired) electrons. The van der Waals surface area contributed by atoms with Gasteiger partial charge in [-0.1, -0.05) is 36.9 Å². The van der Waals surface area contributed by atoms with Crippen LogP contribution in [0.4, 0.5) is 0 Å². The van der Waals surface area contributed by atoms with Crippen molar-refractivity contribution in [2.75, 3.05) is 19.6 Å². The van der Waals surface area contributed by atoms with Crippen molar-refractivity contribution in [3.8, 4) is 0 Å². The van der Waals surface area contributed by atoms with E-state index in [1.54, 1.807) is 0 Å². The molecule has 1 aromatic rings. The second-order valence-corrected chi connectivity index (χ2v) is 5.79. The van der Waals surface area contributed by atoms with Crippen LogP contribution >= 0.6 is 0 Å². The standard InChI is InChI=1S/C17H26N2/c1-14(2)19(13-17-10-7-11-18-17)12-15(3)16-8-5-4-6-9-16/h4-6,8-9,14,17-18H,3,7,10-13H2,1-2H3. The lowest BCUT2D eigenvalue weighted by Gasteiger charge is -2.30. The van der Waals surface area contributed by atoms with Gasteiger partial charge >= 0.3 is 0 Å². The van der Waals surface area contributed by atoms with E-state index in [4.69, 9.17) is 0 Å². The highest BCUT2D eigenvalue weighted by atomic mass is 15.2. The number of hydrogen-bond donors (Lipinski definition) is 1. The fourth-order valence-electron chi connectivity index (χ4n) is 2.66. The second kappa shape index (κ2) is 6.88. The number of nitrogens with zero attached hydrogens (tertiary/aromatic N) is 1. The van der Waals surface area contributed by atoms with Gasteiger partial charge in [0.15, 0.2) is 0 Å². The lowest BCUT2D eigenvalue weighted by molar-refractivity contribution is 0.228. The Morgan fingerprint density at radius 2 is 2.11 bits per heavy atom. The van der Waals surface area contributed by atoms with E-state index in [2.05, 4.69) is 61.0 Å². The van der Waals surface area contributed by atoms with E-state index < -0.39 is 0 Å². The minimum absolute atomic E-state index is 0.558. The molecule has 2 nitrogen and oxygen atoms in total. The van der Waals surface area contributed by atoms with Crippen LogP contribution < -0.4 is 5.32 Å². The first kappa shape index (κ1) is 14.3. The van der Waals surface area contributed by atoms with Crippen LogP contribution in [-0.2, 0) is 0 Å². The molecule has 1 aliphatic heterocycles. The molecule has 1 atom stereocenters. The summed E-state index contributed by atoms with van der Waals surface area (Å²) in [5.74, 6) is 0. The summed E-state index contributed by atoms with van der Waals surface area (Å²) in [6.45, 7) is 12.1. The van der Waals surface area contributed by atoms with Gasteiger partial charge in [0.2, 0.25) is 0 Å². The van der Waals surface area contributed by atoms with Crippen molar-refractivity contribution in [3.05, 3.63) is 42.5 Å². The molecule has 0 bridgehead atoms. The molecule has 0 amide bonds. The Kier molecular flexibility index (Phi) is 5.17. The molecule has 2 rings (SSSR count). The molecule has 1 heterocycles. The Morgan fingerprint density at radius 3 is 2.68 bits per heavy atom. The third-order valence-corrected chi connectivity index (χ3v) is 3.92. The number of benzene rings is 1. The highest BCUT2D eigenvalue weighted by molar-refractivity contribution is 5.64. The van der Waals surface area contributed by atoms with Crippen LogP contribution in [0, 0.1) is 0 Å². The highest BCUT2D eigenvalue weighted by Gasteiger charge is 2.20. The predicted molar refractivity (Wildman–Crippen MR) is 83.2 cm³/mol. The van der Waals surface area contributed by atoms with Crippen molar-refractivity contribution in [2.45, 2.75) is 38.8 Å². The largest absolute Gasteiger partial charge is 0.313 e. The molecule has 2 heteroatoms. The summed E-state index contributed by atoms with van der Waals surface area (Å²) >= 11 is 0. The van der Waals surface area contributed by atoms with Crippen molar-refractivity contribution in [1.82, 2.24) is 10.2 Å². The first-order valence-corrected chi connectivity index (χ1v) is 7.37. The maximum absolute atomic E-state index is 4.26. The predicted octanol–water partition coefficient (Wildman–Crippen LogP) is 3.16. The van der Waals surface area contributed by atoms with Gasteiger partial charge in [0.25, 0.3) is 0 Å². The smallest absolute Gasteiger partial charge is 0.0237 e. The highest BCUT2D eigenvalue weighted by Crippen LogP contribution is 2.16. The molecule has 0 aliphatic carbocycles. The van der Waals surface area contributed by atoms with Gasteiger partial charge in [-0.2, -0.15) is 0 Å². The van der Waals surface area contributed by atoms with E-state index in [0.29, 0.717) is 12.1 Å². The van der Waals surface area contributed by atoms with E-state index in [0.717, 1.165) is 13.1 Å². The van der Waals surface area contributed by atoms with Crippen LogP contribution in [0.5, 0.6) is 0 Å². The summed E-state index contributed by atoms with van der Waals surface area (Å²) in [4.78, 5) is 2.53. The Labute approximate surface area is 117 Å². The summed E-state index contributed by atoms with van der Waals surface area (Å²) in [7, 11) is 0. The van der Waals surface area contributed by atoms with E-state index in [9.17, 15) is 0 Å². The van der Waals surface area contributed by atoms with Crippen LogP contribution in [0.15, 0.2) is 36.9 Å². The molecule has 1 saturated heterocycles. The SMILES string of the molecule is C=C(CN(CC1CCCN1)C(C)C)c1ccccc1. The van der Waals surface area contributed by atoms with Crippen molar-refractivity contribution in [1.29, 1.82) is 0 Å². The Hall–Kier alpha value is -1.12. The molecule has 19 heavy (non-hydrogen) atoms. The normalized spacial score (nSPS) is 19.3. The average Bonchev–Trinajstić information content (AvgIpc) is 2.91. The van der Waals surface area contributed by atoms with Gasteiger partial charge in [0.05, 0.1) is 0 Å². The van der Waals surface area contributed by atoms with Crippen molar-refractivity contribution in [3.63, 3.8) is 0 Å². The molecule has 0 aromatic heterocycles. The second-order valence-electron chi connectivity index (χ2n) is 5.79. The summed E-state index contributed by atoms with van der Waals surface area (Å²) in [6, 6.07) is 11.7. The zero-order valence-corrected chi connectivity index (χ0v) is 12.2. The fourth-order valence-corrected chi connectivity index (χ4v) is 2.66. The van der Waals surface area contributed by atoms with Gasteiger partial charge in [-0.3, -0.25) is 4.90 Å². The maximum Gasteiger partial charge on any atom is 0.0237 e. The van der Waals surface area contributed by atoms with E-state index in [-0.39, 0.29) is 0 Å². The van der Waals surface area contributed by atoms with Gasteiger partial charge in [0, 0.05) is 25.2 Å². The van der Waals surface area contributed by atoms with Gasteiger partial charge < -0.3 is 5.32 Å². The minimum Gasteiger partial charge on any atom is -0.313 e. The van der Waals surface area contributed by atoms with Crippen LogP contribution in [0.1, 0.15) is 32.3 Å². The Morgan fingerprint density at radius 1 is 1.37 bits per heavy atom. The Bertz CT molecular complexity index is 391. The zero-order valence-electron chi connectivity index (χ0n) is 12.2. The van der Waals surface area contributed by atoms with E-state index in [1.807, 2.05) is 0 Å². The molecule has 104 valence electrons. The van der Waals surface area contributed by atoms with Gasteiger partial charge in [0.1, 0.15) is 0 Å². The molecule has 1 N–H and O–H groups in total. The summed E-state index contributed by atoms with van der Waals surface area (Å²) in [5, 5.41) is 3.58. The molecular formula is C17H26N2. The molecule has 1 fully saturated rings. The topological polar surface area (TPSA) is 15.3 Å². The lowest BCUT2D eigenvalue weighted by atomic mass is 10.1. The van der Waals surface area contributed by atoms with Crippen molar-refractivity contribution >= 4 is 5.57 Å². The fraction of sp³-hybridized carbons (Fsp3) is 0.529. The lowest BCUT2D eigenvalue weighted by Crippen LogP contribution is -2.41. The third-order valence-electron chi connectivity index (χ3n) is 3.92. The summed E-state index contributed by atoms with van der Waals surface area (Å²) in [5.41, 5.74) is 2.47. The average molecular weight is 258 g/mol. The molecule has 0 saturated carbocycles. The van der Waals surface area contributed by atoms with Crippen molar-refractivity contribution in [2.24, 2.45) is 0 Å². The number of hydrogen-bond acceptors (Lipinski definition) is 2. The molecule has 1 unspecified atom stereocenters. The quantitative estimate of drug-likeness (QED) is 0.843. The summed E-state index contributed by atoms with van der Waals surface area (Å²) < 4.78 is 0.